The van der Waals surface area contributed by atoms with Crippen molar-refractivity contribution in [1.29, 1.82) is 0 Å². The van der Waals surface area contributed by atoms with Crippen LogP contribution in [0.25, 0.3) is 0 Å². The van der Waals surface area contributed by atoms with E-state index in [4.69, 9.17) is 9.47 Å². The molecule has 3 nitrogen and oxygen atoms in total. The van der Waals surface area contributed by atoms with Crippen LogP contribution in [0.5, 0.6) is 5.75 Å². The van der Waals surface area contributed by atoms with Crippen molar-refractivity contribution in [2.45, 2.75) is 46.6 Å². The van der Waals surface area contributed by atoms with Crippen LogP contribution in [-0.2, 0) is 16.0 Å². The van der Waals surface area contributed by atoms with Crippen LogP contribution < -0.4 is 4.74 Å². The molecule has 0 aromatic heterocycles. The predicted molar refractivity (Wildman–Crippen MR) is 84.8 cm³/mol. The quantitative estimate of drug-likeness (QED) is 0.555. The van der Waals surface area contributed by atoms with Crippen LogP contribution in [0.15, 0.2) is 12.1 Å². The number of alkyl halides is 1. The van der Waals surface area contributed by atoms with Crippen molar-refractivity contribution in [3.63, 3.8) is 0 Å². The highest BCUT2D eigenvalue weighted by Gasteiger charge is 2.20. The second-order valence-electron chi connectivity index (χ2n) is 4.75. The predicted octanol–water partition coefficient (Wildman–Crippen LogP) is 3.96. The number of rotatable bonds is 7. The molecule has 1 unspecified atom stereocenters. The highest BCUT2D eigenvalue weighted by molar-refractivity contribution is 9.09. The minimum absolute atomic E-state index is 0.295. The fourth-order valence-electron chi connectivity index (χ4n) is 2.03. The lowest BCUT2D eigenvalue weighted by Crippen LogP contribution is -2.29. The van der Waals surface area contributed by atoms with Gasteiger partial charge in [0.2, 0.25) is 0 Å². The van der Waals surface area contributed by atoms with Crippen LogP contribution in [0.2, 0.25) is 0 Å². The molecule has 0 saturated carbocycles. The van der Waals surface area contributed by atoms with E-state index in [0.717, 1.165) is 23.1 Å². The van der Waals surface area contributed by atoms with E-state index in [1.54, 1.807) is 6.92 Å². The number of carbonyl (C=O) groups excluding carboxylic acids is 1. The van der Waals surface area contributed by atoms with Gasteiger partial charge in [-0.2, -0.15) is 0 Å². The summed E-state index contributed by atoms with van der Waals surface area (Å²) in [5, 5.41) is 0.938. The second-order valence-corrected chi connectivity index (χ2v) is 5.54. The number of hydrogen-bond acceptors (Lipinski definition) is 3. The van der Waals surface area contributed by atoms with E-state index in [9.17, 15) is 4.79 Å². The van der Waals surface area contributed by atoms with Crippen molar-refractivity contribution in [1.82, 2.24) is 0 Å². The monoisotopic (exact) mass is 342 g/mol. The van der Waals surface area contributed by atoms with E-state index in [2.05, 4.69) is 28.9 Å². The van der Waals surface area contributed by atoms with Crippen molar-refractivity contribution >= 4 is 21.9 Å². The van der Waals surface area contributed by atoms with Crippen molar-refractivity contribution in [2.24, 2.45) is 0 Å². The van der Waals surface area contributed by atoms with E-state index < -0.39 is 6.10 Å². The summed E-state index contributed by atoms with van der Waals surface area (Å²) >= 11 is 3.46. The van der Waals surface area contributed by atoms with Crippen LogP contribution in [0.1, 0.15) is 37.0 Å². The normalized spacial score (nSPS) is 12.1. The Morgan fingerprint density at radius 1 is 1.25 bits per heavy atom. The molecule has 0 N–H and O–H groups in total. The van der Waals surface area contributed by atoms with Crippen LogP contribution in [0.3, 0.4) is 0 Å². The molecule has 0 amide bonds. The minimum Gasteiger partial charge on any atom is -0.478 e. The van der Waals surface area contributed by atoms with Crippen LogP contribution >= 0.6 is 15.9 Å². The first kappa shape index (κ1) is 17.0. The molecule has 1 rings (SSSR count). The maximum atomic E-state index is 11.8. The lowest BCUT2D eigenvalue weighted by atomic mass is 10.0. The number of carbonyl (C=O) groups is 1. The fourth-order valence-corrected chi connectivity index (χ4v) is 2.46. The molecule has 1 aromatic rings. The SMILES string of the molecule is CCOC(=O)C(CC)Oc1cc(C)c(CCBr)cc1C. The van der Waals surface area contributed by atoms with E-state index in [-0.39, 0.29) is 5.97 Å². The summed E-state index contributed by atoms with van der Waals surface area (Å²) < 4.78 is 10.9. The van der Waals surface area contributed by atoms with Gasteiger partial charge in [0, 0.05) is 5.33 Å². The summed E-state index contributed by atoms with van der Waals surface area (Å²) in [6.45, 7) is 8.17. The number of benzene rings is 1. The van der Waals surface area contributed by atoms with Gasteiger partial charge < -0.3 is 9.47 Å². The number of aryl methyl sites for hydroxylation is 3. The van der Waals surface area contributed by atoms with E-state index in [1.807, 2.05) is 19.9 Å². The zero-order valence-corrected chi connectivity index (χ0v) is 14.2. The highest BCUT2D eigenvalue weighted by Crippen LogP contribution is 2.25. The summed E-state index contributed by atoms with van der Waals surface area (Å²) in [5.74, 6) is 0.470. The average Bonchev–Trinajstić information content (AvgIpc) is 2.41. The van der Waals surface area contributed by atoms with Gasteiger partial charge in [0.1, 0.15) is 5.75 Å². The summed E-state index contributed by atoms with van der Waals surface area (Å²) in [7, 11) is 0. The van der Waals surface area contributed by atoms with E-state index >= 15 is 0 Å². The molecular formula is C16H23BrO3. The lowest BCUT2D eigenvalue weighted by Gasteiger charge is -2.19. The van der Waals surface area contributed by atoms with E-state index in [1.165, 1.54) is 11.1 Å². The second kappa shape index (κ2) is 8.30. The van der Waals surface area contributed by atoms with Crippen LogP contribution in [0, 0.1) is 13.8 Å². The number of ether oxygens (including phenoxy) is 2. The van der Waals surface area contributed by atoms with Crippen LogP contribution in [-0.4, -0.2) is 24.0 Å². The Kier molecular flexibility index (Phi) is 7.06. The van der Waals surface area contributed by atoms with Gasteiger partial charge in [-0.3, -0.25) is 0 Å². The van der Waals surface area contributed by atoms with Crippen molar-refractivity contribution in [3.8, 4) is 5.75 Å². The number of halogens is 1. The first-order valence-corrected chi connectivity index (χ1v) is 8.14. The Labute approximate surface area is 129 Å². The summed E-state index contributed by atoms with van der Waals surface area (Å²) in [6.07, 6.45) is 1.05. The van der Waals surface area contributed by atoms with Gasteiger partial charge in [0.05, 0.1) is 6.61 Å². The van der Waals surface area contributed by atoms with E-state index in [0.29, 0.717) is 13.0 Å². The first-order chi connectivity index (χ1) is 9.53. The maximum Gasteiger partial charge on any atom is 0.347 e. The average molecular weight is 343 g/mol. The molecular weight excluding hydrogens is 320 g/mol. The van der Waals surface area contributed by atoms with Gasteiger partial charge in [0.25, 0.3) is 0 Å². The summed E-state index contributed by atoms with van der Waals surface area (Å²) in [4.78, 5) is 11.8. The summed E-state index contributed by atoms with van der Waals surface area (Å²) in [5.41, 5.74) is 3.54. The molecule has 0 heterocycles. The molecule has 0 radical (unpaired) electrons. The van der Waals surface area contributed by atoms with Gasteiger partial charge in [-0.25, -0.2) is 4.79 Å². The van der Waals surface area contributed by atoms with Gasteiger partial charge in [-0.15, -0.1) is 0 Å². The Balaban J connectivity index is 2.91. The van der Waals surface area contributed by atoms with Crippen molar-refractivity contribution in [3.05, 3.63) is 28.8 Å². The molecule has 112 valence electrons. The first-order valence-electron chi connectivity index (χ1n) is 7.02. The number of esters is 1. The molecule has 0 aliphatic rings. The van der Waals surface area contributed by atoms with Crippen LogP contribution in [0.4, 0.5) is 0 Å². The fraction of sp³-hybridized carbons (Fsp3) is 0.562. The molecule has 20 heavy (non-hydrogen) atoms. The molecule has 1 atom stereocenters. The lowest BCUT2D eigenvalue weighted by molar-refractivity contribution is -0.151. The third-order valence-corrected chi connectivity index (χ3v) is 3.58. The topological polar surface area (TPSA) is 35.5 Å². The molecule has 1 aromatic carbocycles. The van der Waals surface area contributed by atoms with Crippen molar-refractivity contribution in [2.75, 3.05) is 11.9 Å². The molecule has 0 bridgehead atoms. The minimum atomic E-state index is -0.532. The zero-order chi connectivity index (χ0) is 15.1. The molecule has 0 spiro atoms. The Hall–Kier alpha value is -1.03. The highest BCUT2D eigenvalue weighted by atomic mass is 79.9. The smallest absolute Gasteiger partial charge is 0.347 e. The summed E-state index contributed by atoms with van der Waals surface area (Å²) in [6, 6.07) is 4.14. The maximum absolute atomic E-state index is 11.8. The number of hydrogen-bond donors (Lipinski definition) is 0. The zero-order valence-electron chi connectivity index (χ0n) is 12.7. The van der Waals surface area contributed by atoms with Gasteiger partial charge in [-0.05, 0) is 56.4 Å². The standard InChI is InChI=1S/C16H23BrO3/c1-5-14(16(18)19-6-2)20-15-10-11(3)13(7-8-17)9-12(15)4/h9-10,14H,5-8H2,1-4H3. The van der Waals surface area contributed by atoms with Gasteiger partial charge in [-0.1, -0.05) is 28.9 Å². The molecule has 0 aliphatic carbocycles. The third-order valence-electron chi connectivity index (χ3n) is 3.19. The Morgan fingerprint density at radius 3 is 2.50 bits per heavy atom. The third kappa shape index (κ3) is 4.51. The Bertz CT molecular complexity index is 457. The van der Waals surface area contributed by atoms with Gasteiger partial charge >= 0.3 is 5.97 Å². The molecule has 0 fully saturated rings. The van der Waals surface area contributed by atoms with Crippen molar-refractivity contribution < 1.29 is 14.3 Å². The molecule has 0 saturated heterocycles. The largest absolute Gasteiger partial charge is 0.478 e. The Morgan fingerprint density at radius 2 is 1.95 bits per heavy atom. The molecule has 4 heteroatoms. The van der Waals surface area contributed by atoms with Gasteiger partial charge in [0.15, 0.2) is 6.10 Å². The molecule has 0 aliphatic heterocycles.